The molecule has 0 spiro atoms. The molecule has 0 aliphatic heterocycles. The van der Waals surface area contributed by atoms with Crippen LogP contribution in [0.3, 0.4) is 0 Å². The van der Waals surface area contributed by atoms with E-state index in [9.17, 15) is 0 Å². The number of hydrogen-bond acceptors (Lipinski definition) is 2. The Morgan fingerprint density at radius 1 is 1.75 bits per heavy atom. The lowest BCUT2D eigenvalue weighted by molar-refractivity contribution is 0.619. The van der Waals surface area contributed by atoms with Crippen molar-refractivity contribution in [3.63, 3.8) is 0 Å². The van der Waals surface area contributed by atoms with Gasteiger partial charge in [-0.1, -0.05) is 0 Å². The monoisotopic (exact) mass is 179 g/mol. The summed E-state index contributed by atoms with van der Waals surface area (Å²) in [4.78, 5) is 1.36. The molecule has 0 saturated heterocycles. The van der Waals surface area contributed by atoms with Crippen LogP contribution in [0.15, 0.2) is 11.4 Å². The molecule has 0 bridgehead atoms. The Balaban J connectivity index is 2.81. The van der Waals surface area contributed by atoms with Crippen molar-refractivity contribution in [3.8, 4) is 12.3 Å². The lowest BCUT2D eigenvalue weighted by Crippen LogP contribution is -2.15. The summed E-state index contributed by atoms with van der Waals surface area (Å²) in [5.74, 6) is 2.68. The summed E-state index contributed by atoms with van der Waals surface area (Å²) >= 11 is 1.76. The van der Waals surface area contributed by atoms with Crippen molar-refractivity contribution in [1.82, 2.24) is 5.32 Å². The second-order valence-electron chi connectivity index (χ2n) is 2.72. The van der Waals surface area contributed by atoms with Crippen molar-refractivity contribution in [2.45, 2.75) is 19.4 Å². The highest BCUT2D eigenvalue weighted by Crippen LogP contribution is 2.25. The average Bonchev–Trinajstić information content (AvgIpc) is 2.47. The Hall–Kier alpha value is -0.780. The number of thiophene rings is 1. The maximum absolute atomic E-state index is 5.28. The molecule has 1 atom stereocenters. The van der Waals surface area contributed by atoms with E-state index in [1.165, 1.54) is 10.4 Å². The molecule has 1 heterocycles. The zero-order valence-electron chi connectivity index (χ0n) is 7.42. The number of aryl methyl sites for hydroxylation is 1. The first-order valence-electron chi connectivity index (χ1n) is 3.94. The summed E-state index contributed by atoms with van der Waals surface area (Å²) in [5.41, 5.74) is 1.33. The minimum atomic E-state index is 0.329. The third-order valence-corrected chi connectivity index (χ3v) is 3.02. The van der Waals surface area contributed by atoms with Crippen molar-refractivity contribution in [1.29, 1.82) is 0 Å². The van der Waals surface area contributed by atoms with E-state index in [-0.39, 0.29) is 0 Å². The van der Waals surface area contributed by atoms with E-state index in [0.29, 0.717) is 6.04 Å². The van der Waals surface area contributed by atoms with E-state index in [1.54, 1.807) is 11.3 Å². The van der Waals surface area contributed by atoms with Gasteiger partial charge in [0.2, 0.25) is 0 Å². The summed E-state index contributed by atoms with van der Waals surface area (Å²) < 4.78 is 0. The third kappa shape index (κ3) is 1.88. The fourth-order valence-electron chi connectivity index (χ4n) is 1.19. The zero-order chi connectivity index (χ0) is 8.97. The molecule has 0 fully saturated rings. The molecule has 0 amide bonds. The molecule has 0 saturated carbocycles. The van der Waals surface area contributed by atoms with Crippen molar-refractivity contribution in [2.75, 3.05) is 7.05 Å². The molecule has 2 heteroatoms. The molecule has 1 nitrogen and oxygen atoms in total. The van der Waals surface area contributed by atoms with Gasteiger partial charge in [-0.05, 0) is 31.0 Å². The Kier molecular flexibility index (Phi) is 3.33. The summed E-state index contributed by atoms with van der Waals surface area (Å²) in [6, 6.07) is 2.45. The molecule has 0 aliphatic carbocycles. The van der Waals surface area contributed by atoms with Crippen LogP contribution in [-0.4, -0.2) is 7.05 Å². The van der Waals surface area contributed by atoms with Crippen molar-refractivity contribution >= 4 is 11.3 Å². The second kappa shape index (κ2) is 4.30. The van der Waals surface area contributed by atoms with Gasteiger partial charge in [-0.3, -0.25) is 0 Å². The maximum atomic E-state index is 5.28. The molecule has 64 valence electrons. The molecule has 12 heavy (non-hydrogen) atoms. The van der Waals surface area contributed by atoms with Crippen molar-refractivity contribution in [3.05, 3.63) is 21.9 Å². The predicted molar refractivity (Wildman–Crippen MR) is 54.3 cm³/mol. The first-order valence-corrected chi connectivity index (χ1v) is 4.82. The molecule has 1 aromatic rings. The number of nitrogens with one attached hydrogen (secondary N) is 1. The highest BCUT2D eigenvalue weighted by atomic mass is 32.1. The fraction of sp³-hybridized carbons (Fsp3) is 0.400. The molecular weight excluding hydrogens is 166 g/mol. The van der Waals surface area contributed by atoms with Gasteiger partial charge in [-0.25, -0.2) is 0 Å². The van der Waals surface area contributed by atoms with E-state index in [0.717, 1.165) is 6.42 Å². The topological polar surface area (TPSA) is 12.0 Å². The van der Waals surface area contributed by atoms with Gasteiger partial charge in [0, 0.05) is 11.3 Å². The van der Waals surface area contributed by atoms with Crippen molar-refractivity contribution in [2.24, 2.45) is 0 Å². The van der Waals surface area contributed by atoms with Crippen LogP contribution in [0, 0.1) is 19.3 Å². The lowest BCUT2D eigenvalue weighted by atomic mass is 10.1. The van der Waals surface area contributed by atoms with Crippen LogP contribution in [0.1, 0.15) is 22.9 Å². The van der Waals surface area contributed by atoms with E-state index in [2.05, 4.69) is 29.6 Å². The molecular formula is C10H13NS. The van der Waals surface area contributed by atoms with Gasteiger partial charge in [0.05, 0.1) is 6.04 Å². The summed E-state index contributed by atoms with van der Waals surface area (Å²) in [7, 11) is 1.95. The summed E-state index contributed by atoms with van der Waals surface area (Å²) in [6.07, 6.45) is 6.04. The SMILES string of the molecule is C#CCC(NC)c1sccc1C. The Labute approximate surface area is 77.8 Å². The van der Waals surface area contributed by atoms with Gasteiger partial charge >= 0.3 is 0 Å². The zero-order valence-corrected chi connectivity index (χ0v) is 8.24. The highest BCUT2D eigenvalue weighted by molar-refractivity contribution is 7.10. The Morgan fingerprint density at radius 2 is 2.50 bits per heavy atom. The van der Waals surface area contributed by atoms with Crippen molar-refractivity contribution < 1.29 is 0 Å². The highest BCUT2D eigenvalue weighted by Gasteiger charge is 2.10. The van der Waals surface area contributed by atoms with E-state index >= 15 is 0 Å². The number of rotatable bonds is 3. The van der Waals surface area contributed by atoms with Crippen LogP contribution in [-0.2, 0) is 0 Å². The smallest absolute Gasteiger partial charge is 0.0525 e. The molecule has 1 N–H and O–H groups in total. The average molecular weight is 179 g/mol. The molecule has 0 aliphatic rings. The first-order chi connectivity index (χ1) is 5.79. The summed E-state index contributed by atoms with van der Waals surface area (Å²) in [5, 5.41) is 5.32. The normalized spacial score (nSPS) is 12.4. The van der Waals surface area contributed by atoms with Gasteiger partial charge in [0.15, 0.2) is 0 Å². The van der Waals surface area contributed by atoms with Crippen LogP contribution in [0.25, 0.3) is 0 Å². The molecule has 1 rings (SSSR count). The number of terminal acetylenes is 1. The summed E-state index contributed by atoms with van der Waals surface area (Å²) in [6.45, 7) is 2.12. The largest absolute Gasteiger partial charge is 0.312 e. The quantitative estimate of drug-likeness (QED) is 0.702. The van der Waals surface area contributed by atoms with Crippen LogP contribution in [0.5, 0.6) is 0 Å². The maximum Gasteiger partial charge on any atom is 0.0525 e. The van der Waals surface area contributed by atoms with Gasteiger partial charge in [0.25, 0.3) is 0 Å². The van der Waals surface area contributed by atoms with Crippen LogP contribution >= 0.6 is 11.3 Å². The molecule has 0 radical (unpaired) electrons. The minimum Gasteiger partial charge on any atom is -0.312 e. The minimum absolute atomic E-state index is 0.329. The lowest BCUT2D eigenvalue weighted by Gasteiger charge is -2.11. The van der Waals surface area contributed by atoms with E-state index in [4.69, 9.17) is 6.42 Å². The molecule has 1 aromatic heterocycles. The Bertz CT molecular complexity index is 282. The predicted octanol–water partition coefficient (Wildman–Crippen LogP) is 2.34. The Morgan fingerprint density at radius 3 is 2.92 bits per heavy atom. The van der Waals surface area contributed by atoms with E-state index < -0.39 is 0 Å². The molecule has 0 aromatic carbocycles. The third-order valence-electron chi connectivity index (χ3n) is 1.89. The fourth-order valence-corrected chi connectivity index (χ4v) is 2.22. The van der Waals surface area contributed by atoms with Gasteiger partial charge in [-0.15, -0.1) is 23.7 Å². The first kappa shape index (κ1) is 9.31. The second-order valence-corrected chi connectivity index (χ2v) is 3.67. The van der Waals surface area contributed by atoms with Gasteiger partial charge in [0.1, 0.15) is 0 Å². The van der Waals surface area contributed by atoms with Crippen LogP contribution in [0.2, 0.25) is 0 Å². The van der Waals surface area contributed by atoms with Gasteiger partial charge in [-0.2, -0.15) is 0 Å². The van der Waals surface area contributed by atoms with Crippen LogP contribution < -0.4 is 5.32 Å². The van der Waals surface area contributed by atoms with Gasteiger partial charge < -0.3 is 5.32 Å². The molecule has 1 unspecified atom stereocenters. The standard InChI is InChI=1S/C10H13NS/c1-4-5-9(11-3)10-8(2)6-7-12-10/h1,6-7,9,11H,5H2,2-3H3. The van der Waals surface area contributed by atoms with Crippen LogP contribution in [0.4, 0.5) is 0 Å². The number of hydrogen-bond donors (Lipinski definition) is 1. The van der Waals surface area contributed by atoms with E-state index in [1.807, 2.05) is 7.05 Å².